The molecule has 0 amide bonds. The average Bonchev–Trinajstić information content (AvgIpc) is 2.49. The molecule has 8 heteroatoms. The molecule has 26 heavy (non-hydrogen) atoms. The van der Waals surface area contributed by atoms with Crippen LogP contribution in [0.1, 0.15) is 96.8 Å². The average molecular weight is 401 g/mol. The third-order valence-electron chi connectivity index (χ3n) is 3.64. The SMILES string of the molecule is CCCCCCCC/C=C\CCCCCCCC(=O)[O-].[Mg+2].[O-][Si](O)(O)O. The fourth-order valence-electron chi connectivity index (χ4n) is 2.34. The molecule has 0 aromatic rings. The van der Waals surface area contributed by atoms with E-state index in [2.05, 4.69) is 19.1 Å². The zero-order valence-corrected chi connectivity index (χ0v) is 18.7. The molecule has 0 aliphatic rings. The van der Waals surface area contributed by atoms with E-state index in [-0.39, 0.29) is 29.5 Å². The van der Waals surface area contributed by atoms with Crippen LogP contribution in [-0.2, 0) is 4.79 Å². The van der Waals surface area contributed by atoms with Gasteiger partial charge in [0.05, 0.1) is 0 Å². The minimum Gasteiger partial charge on any atom is -0.794 e. The van der Waals surface area contributed by atoms with Gasteiger partial charge in [0.15, 0.2) is 0 Å². The van der Waals surface area contributed by atoms with Crippen LogP contribution in [0.3, 0.4) is 0 Å². The molecule has 0 heterocycles. The van der Waals surface area contributed by atoms with Crippen molar-refractivity contribution in [1.82, 2.24) is 0 Å². The summed E-state index contributed by atoms with van der Waals surface area (Å²) in [6.07, 6.45) is 20.9. The van der Waals surface area contributed by atoms with Gasteiger partial charge < -0.3 is 29.1 Å². The molecule has 0 aliphatic heterocycles. The summed E-state index contributed by atoms with van der Waals surface area (Å²) in [6.45, 7) is 2.26. The predicted octanol–water partition coefficient (Wildman–Crippen LogP) is 1.15. The Morgan fingerprint density at radius 1 is 0.808 bits per heavy atom. The number of hydrogen-bond donors (Lipinski definition) is 3. The maximum absolute atomic E-state index is 10.2. The van der Waals surface area contributed by atoms with Gasteiger partial charge in [0.2, 0.25) is 0 Å². The molecule has 3 N–H and O–H groups in total. The molecule has 0 aromatic heterocycles. The smallest absolute Gasteiger partial charge is 0.794 e. The molecule has 0 rings (SSSR count). The van der Waals surface area contributed by atoms with Gasteiger partial charge in [0.1, 0.15) is 0 Å². The van der Waals surface area contributed by atoms with E-state index in [9.17, 15) is 9.90 Å². The van der Waals surface area contributed by atoms with Crippen molar-refractivity contribution in [3.8, 4) is 0 Å². The number of carboxylic acid groups (broad SMARTS) is 1. The van der Waals surface area contributed by atoms with Gasteiger partial charge in [-0.15, -0.1) is 0 Å². The Morgan fingerprint density at radius 3 is 1.54 bits per heavy atom. The van der Waals surface area contributed by atoms with Gasteiger partial charge in [-0.1, -0.05) is 70.4 Å². The van der Waals surface area contributed by atoms with Gasteiger partial charge >= 0.3 is 32.1 Å². The Bertz CT molecular complexity index is 315. The fourth-order valence-corrected chi connectivity index (χ4v) is 2.34. The third kappa shape index (κ3) is 43.9. The number of hydrogen-bond acceptors (Lipinski definition) is 6. The van der Waals surface area contributed by atoms with Crippen LogP contribution in [0.4, 0.5) is 0 Å². The standard InChI is InChI=1S/C18H34O2.Mg.H3O4Si/c1-2-3-4-5-6-7-8-9-10-11-12-13-14-15-16-17-18(19)20;;1-5(2,3)4/h9-10H,2-8,11-17H2,1H3,(H,19,20);;1-3H/q;+2;-1/p-1/b10-9-;;. The van der Waals surface area contributed by atoms with Crippen LogP contribution in [-0.4, -0.2) is 52.5 Å². The summed E-state index contributed by atoms with van der Waals surface area (Å²) in [5, 5.41) is 10.2. The van der Waals surface area contributed by atoms with Crippen LogP contribution in [0.25, 0.3) is 0 Å². The number of unbranched alkanes of at least 4 members (excludes halogenated alkanes) is 11. The molecule has 150 valence electrons. The van der Waals surface area contributed by atoms with Crippen molar-refractivity contribution < 1.29 is 29.1 Å². The topological polar surface area (TPSA) is 124 Å². The Hall–Kier alpha value is 0.0331. The summed E-state index contributed by atoms with van der Waals surface area (Å²) >= 11 is 0. The molecule has 0 spiro atoms. The number of carboxylic acids is 1. The van der Waals surface area contributed by atoms with Crippen LogP contribution in [0.5, 0.6) is 0 Å². The molecular formula is C18H36MgO6Si. The van der Waals surface area contributed by atoms with Gasteiger partial charge in [0, 0.05) is 5.97 Å². The minimum absolute atomic E-state index is 0. The third-order valence-corrected chi connectivity index (χ3v) is 3.64. The van der Waals surface area contributed by atoms with Crippen molar-refractivity contribution in [1.29, 1.82) is 0 Å². The Balaban J connectivity index is -0.000000772. The van der Waals surface area contributed by atoms with Crippen LogP contribution < -0.4 is 9.90 Å². The molecule has 0 saturated carbocycles. The molecule has 0 bridgehead atoms. The van der Waals surface area contributed by atoms with E-state index in [0.29, 0.717) is 0 Å². The molecule has 0 radical (unpaired) electrons. The minimum atomic E-state index is -4.86. The second kappa shape index (κ2) is 23.1. The van der Waals surface area contributed by atoms with Crippen LogP contribution >= 0.6 is 0 Å². The summed E-state index contributed by atoms with van der Waals surface area (Å²) in [6, 6.07) is 0. The first-order valence-corrected chi connectivity index (χ1v) is 11.2. The van der Waals surface area contributed by atoms with Gasteiger partial charge in [-0.25, -0.2) is 0 Å². The fraction of sp³-hybridized carbons (Fsp3) is 0.833. The molecule has 0 fully saturated rings. The van der Waals surface area contributed by atoms with Gasteiger partial charge in [-0.2, -0.15) is 0 Å². The van der Waals surface area contributed by atoms with Crippen molar-refractivity contribution in [3.05, 3.63) is 12.2 Å². The molecule has 0 unspecified atom stereocenters. The van der Waals surface area contributed by atoms with E-state index in [1.54, 1.807) is 0 Å². The summed E-state index contributed by atoms with van der Waals surface area (Å²) in [7, 11) is -4.86. The van der Waals surface area contributed by atoms with Crippen LogP contribution in [0.15, 0.2) is 12.2 Å². The largest absolute Gasteiger partial charge is 2.00 e. The van der Waals surface area contributed by atoms with Gasteiger partial charge in [-0.3, -0.25) is 0 Å². The van der Waals surface area contributed by atoms with E-state index in [1.165, 1.54) is 64.2 Å². The Labute approximate surface area is 176 Å². The first-order valence-electron chi connectivity index (χ1n) is 9.49. The maximum atomic E-state index is 10.2. The van der Waals surface area contributed by atoms with Crippen molar-refractivity contribution in [3.63, 3.8) is 0 Å². The molecule has 0 aliphatic carbocycles. The van der Waals surface area contributed by atoms with Gasteiger partial charge in [0.25, 0.3) is 0 Å². The second-order valence-corrected chi connectivity index (χ2v) is 7.43. The van der Waals surface area contributed by atoms with Crippen LogP contribution in [0.2, 0.25) is 0 Å². The summed E-state index contributed by atoms with van der Waals surface area (Å²) in [4.78, 5) is 40.8. The summed E-state index contributed by atoms with van der Waals surface area (Å²) in [5.74, 6) is -0.914. The number of carbonyl (C=O) groups excluding carboxylic acids is 1. The maximum Gasteiger partial charge on any atom is 2.00 e. The first-order chi connectivity index (χ1) is 11.8. The first kappa shape index (κ1) is 30.8. The number of allylic oxidation sites excluding steroid dienone is 2. The molecule has 0 aromatic carbocycles. The Kier molecular flexibility index (Phi) is 27.3. The number of carbonyl (C=O) groups is 1. The summed E-state index contributed by atoms with van der Waals surface area (Å²) < 4.78 is 0. The van der Waals surface area contributed by atoms with E-state index >= 15 is 0 Å². The van der Waals surface area contributed by atoms with Crippen molar-refractivity contribution in [2.45, 2.75) is 96.8 Å². The molecule has 6 nitrogen and oxygen atoms in total. The Morgan fingerprint density at radius 2 is 1.15 bits per heavy atom. The number of aliphatic carboxylic acids is 1. The monoisotopic (exact) mass is 400 g/mol. The molecular weight excluding hydrogens is 365 g/mol. The van der Waals surface area contributed by atoms with E-state index in [0.717, 1.165) is 19.3 Å². The second-order valence-electron chi connectivity index (χ2n) is 6.28. The van der Waals surface area contributed by atoms with E-state index in [1.807, 2.05) is 0 Å². The zero-order chi connectivity index (χ0) is 19.4. The van der Waals surface area contributed by atoms with Crippen molar-refractivity contribution in [2.24, 2.45) is 0 Å². The van der Waals surface area contributed by atoms with Crippen molar-refractivity contribution >= 4 is 38.1 Å². The molecule has 0 saturated heterocycles. The summed E-state index contributed by atoms with van der Waals surface area (Å²) in [5.41, 5.74) is 0. The number of rotatable bonds is 15. The van der Waals surface area contributed by atoms with Crippen LogP contribution in [0, 0.1) is 0 Å². The normalized spacial score (nSPS) is 11.0. The van der Waals surface area contributed by atoms with E-state index < -0.39 is 15.0 Å². The quantitative estimate of drug-likeness (QED) is 0.215. The molecule has 0 atom stereocenters. The predicted molar refractivity (Wildman–Crippen MR) is 103 cm³/mol. The van der Waals surface area contributed by atoms with E-state index in [4.69, 9.17) is 19.2 Å². The van der Waals surface area contributed by atoms with Gasteiger partial charge in [-0.05, 0) is 38.5 Å². The van der Waals surface area contributed by atoms with Crippen molar-refractivity contribution in [2.75, 3.05) is 0 Å². The zero-order valence-electron chi connectivity index (χ0n) is 16.3.